The number of amides is 4. The molecule has 0 aliphatic carbocycles. The van der Waals surface area contributed by atoms with Crippen LogP contribution in [0.4, 0.5) is 16.2 Å². The fourth-order valence-electron chi connectivity index (χ4n) is 4.89. The van der Waals surface area contributed by atoms with E-state index in [1.54, 1.807) is 17.0 Å². The summed E-state index contributed by atoms with van der Waals surface area (Å²) in [5, 5.41) is 3.12. The molecular formula is C23H25ClN4O3S. The number of fused-ring (bicyclic) bond motifs is 1. The van der Waals surface area contributed by atoms with E-state index in [2.05, 4.69) is 5.32 Å². The molecule has 3 aliphatic rings. The van der Waals surface area contributed by atoms with Crippen molar-refractivity contribution >= 4 is 52.2 Å². The van der Waals surface area contributed by atoms with Gasteiger partial charge in [0.2, 0.25) is 5.91 Å². The number of nitrogens with zero attached hydrogens (tertiary/aromatic N) is 3. The van der Waals surface area contributed by atoms with Gasteiger partial charge in [0.1, 0.15) is 0 Å². The maximum atomic E-state index is 13.1. The van der Waals surface area contributed by atoms with E-state index in [1.807, 2.05) is 34.1 Å². The van der Waals surface area contributed by atoms with Gasteiger partial charge in [-0.2, -0.15) is 0 Å². The summed E-state index contributed by atoms with van der Waals surface area (Å²) in [4.78, 5) is 44.1. The number of benzene rings is 1. The number of anilines is 2. The van der Waals surface area contributed by atoms with Crippen molar-refractivity contribution in [1.82, 2.24) is 10.2 Å². The third kappa shape index (κ3) is 3.97. The number of urea groups is 1. The van der Waals surface area contributed by atoms with Crippen LogP contribution in [0.25, 0.3) is 0 Å². The number of nitrogens with one attached hydrogen (secondary N) is 1. The average Bonchev–Trinajstić information content (AvgIpc) is 3.39. The number of hydrogen-bond acceptors (Lipinski definition) is 4. The second kappa shape index (κ2) is 8.75. The summed E-state index contributed by atoms with van der Waals surface area (Å²) in [5.41, 5.74) is 1.69. The first-order valence-electron chi connectivity index (χ1n) is 11.1. The van der Waals surface area contributed by atoms with E-state index in [0.717, 1.165) is 43.6 Å². The predicted octanol–water partition coefficient (Wildman–Crippen LogP) is 4.12. The topological polar surface area (TPSA) is 73.0 Å². The fraction of sp³-hybridized carbons (Fsp3) is 0.435. The smallest absolute Gasteiger partial charge is 0.324 e. The Bertz CT molecular complexity index is 1040. The first kappa shape index (κ1) is 21.3. The van der Waals surface area contributed by atoms with Crippen molar-refractivity contribution in [3.63, 3.8) is 0 Å². The molecule has 0 radical (unpaired) electrons. The van der Waals surface area contributed by atoms with E-state index >= 15 is 0 Å². The molecule has 5 rings (SSSR count). The predicted molar refractivity (Wildman–Crippen MR) is 126 cm³/mol. The van der Waals surface area contributed by atoms with Crippen LogP contribution in [-0.2, 0) is 4.79 Å². The van der Waals surface area contributed by atoms with Gasteiger partial charge in [0.15, 0.2) is 0 Å². The molecule has 168 valence electrons. The van der Waals surface area contributed by atoms with Crippen molar-refractivity contribution in [2.45, 2.75) is 44.2 Å². The lowest BCUT2D eigenvalue weighted by Crippen LogP contribution is -2.54. The van der Waals surface area contributed by atoms with Crippen LogP contribution in [0.15, 0.2) is 36.4 Å². The van der Waals surface area contributed by atoms with Gasteiger partial charge in [-0.1, -0.05) is 11.6 Å². The molecular weight excluding hydrogens is 448 g/mol. The van der Waals surface area contributed by atoms with Crippen LogP contribution < -0.4 is 15.1 Å². The Labute approximate surface area is 195 Å². The maximum Gasteiger partial charge on any atom is 0.324 e. The zero-order valence-electron chi connectivity index (χ0n) is 17.6. The SMILES string of the molecule is O=C(N[C@@H]1CCCN2C(=O)N(c3ccc(N4CCCCC4=O)cc3)C[C@H]12)c1ccc(Cl)s1. The number of thiophene rings is 1. The lowest BCUT2D eigenvalue weighted by atomic mass is 9.97. The molecule has 0 bridgehead atoms. The van der Waals surface area contributed by atoms with Crippen LogP contribution in [0, 0.1) is 0 Å². The largest absolute Gasteiger partial charge is 0.346 e. The van der Waals surface area contributed by atoms with E-state index < -0.39 is 0 Å². The van der Waals surface area contributed by atoms with Crippen molar-refractivity contribution in [2.24, 2.45) is 0 Å². The van der Waals surface area contributed by atoms with Gasteiger partial charge in [0, 0.05) is 30.9 Å². The van der Waals surface area contributed by atoms with Crippen LogP contribution in [0.5, 0.6) is 0 Å². The summed E-state index contributed by atoms with van der Waals surface area (Å²) in [6.45, 7) is 1.96. The number of carbonyl (C=O) groups is 3. The zero-order valence-corrected chi connectivity index (χ0v) is 19.2. The molecule has 3 saturated heterocycles. The van der Waals surface area contributed by atoms with Gasteiger partial charge >= 0.3 is 6.03 Å². The number of carbonyl (C=O) groups excluding carboxylic acids is 3. The number of halogens is 1. The van der Waals surface area contributed by atoms with E-state index in [9.17, 15) is 14.4 Å². The van der Waals surface area contributed by atoms with Gasteiger partial charge in [-0.25, -0.2) is 4.79 Å². The molecule has 3 fully saturated rings. The number of rotatable bonds is 4. The third-order valence-electron chi connectivity index (χ3n) is 6.54. The zero-order chi connectivity index (χ0) is 22.2. The molecule has 1 aromatic heterocycles. The summed E-state index contributed by atoms with van der Waals surface area (Å²) in [6.07, 6.45) is 4.24. The van der Waals surface area contributed by atoms with Crippen molar-refractivity contribution in [3.8, 4) is 0 Å². The first-order chi connectivity index (χ1) is 15.5. The molecule has 1 aromatic carbocycles. The highest BCUT2D eigenvalue weighted by Gasteiger charge is 2.44. The first-order valence-corrected chi connectivity index (χ1v) is 12.3. The van der Waals surface area contributed by atoms with E-state index in [0.29, 0.717) is 28.7 Å². The highest BCUT2D eigenvalue weighted by atomic mass is 35.5. The summed E-state index contributed by atoms with van der Waals surface area (Å²) in [5.74, 6) is 0.0131. The van der Waals surface area contributed by atoms with Crippen molar-refractivity contribution in [2.75, 3.05) is 29.4 Å². The highest BCUT2D eigenvalue weighted by molar-refractivity contribution is 7.18. The van der Waals surface area contributed by atoms with Gasteiger partial charge in [0.25, 0.3) is 5.91 Å². The Kier molecular flexibility index (Phi) is 5.82. The summed E-state index contributed by atoms with van der Waals surface area (Å²) >= 11 is 7.22. The molecule has 2 aromatic rings. The van der Waals surface area contributed by atoms with Crippen LogP contribution in [0.3, 0.4) is 0 Å². The minimum atomic E-state index is -0.143. The van der Waals surface area contributed by atoms with Crippen LogP contribution in [-0.4, -0.2) is 54.5 Å². The van der Waals surface area contributed by atoms with Gasteiger partial charge in [-0.15, -0.1) is 11.3 Å². The van der Waals surface area contributed by atoms with Gasteiger partial charge in [-0.3, -0.25) is 14.5 Å². The van der Waals surface area contributed by atoms with E-state index in [1.165, 1.54) is 11.3 Å². The molecule has 7 nitrogen and oxygen atoms in total. The molecule has 4 heterocycles. The number of hydrogen-bond donors (Lipinski definition) is 1. The molecule has 32 heavy (non-hydrogen) atoms. The molecule has 0 spiro atoms. The van der Waals surface area contributed by atoms with Gasteiger partial charge in [-0.05, 0) is 62.1 Å². The van der Waals surface area contributed by atoms with Crippen LogP contribution in [0.2, 0.25) is 4.34 Å². The van der Waals surface area contributed by atoms with Gasteiger partial charge in [0.05, 0.1) is 27.8 Å². The molecule has 9 heteroatoms. The summed E-state index contributed by atoms with van der Waals surface area (Å²) in [7, 11) is 0. The minimum Gasteiger partial charge on any atom is -0.346 e. The van der Waals surface area contributed by atoms with Crippen LogP contribution in [0.1, 0.15) is 41.8 Å². The van der Waals surface area contributed by atoms with Crippen LogP contribution >= 0.6 is 22.9 Å². The number of piperidine rings is 2. The minimum absolute atomic E-state index is 0.0325. The van der Waals surface area contributed by atoms with Gasteiger partial charge < -0.3 is 15.1 Å². The summed E-state index contributed by atoms with van der Waals surface area (Å²) in [6, 6.07) is 10.9. The molecule has 4 amide bonds. The molecule has 1 N–H and O–H groups in total. The monoisotopic (exact) mass is 472 g/mol. The third-order valence-corrected chi connectivity index (χ3v) is 7.77. The van der Waals surface area contributed by atoms with Crippen molar-refractivity contribution < 1.29 is 14.4 Å². The Hall–Kier alpha value is -2.58. The lowest BCUT2D eigenvalue weighted by molar-refractivity contribution is -0.119. The molecule has 0 unspecified atom stereocenters. The molecule has 3 aliphatic heterocycles. The Morgan fingerprint density at radius 2 is 1.72 bits per heavy atom. The standard InChI is InChI=1S/C23H25ClN4O3S/c24-20-11-10-19(32-20)22(30)25-17-4-3-13-27-18(17)14-28(23(27)31)16-8-6-15(7-9-16)26-12-2-1-5-21(26)29/h6-11,17-18H,1-5,12-14H2,(H,25,30)/t17-,18-/m1/s1. The quantitative estimate of drug-likeness (QED) is 0.727. The lowest BCUT2D eigenvalue weighted by Gasteiger charge is -2.35. The van der Waals surface area contributed by atoms with Crippen molar-refractivity contribution in [3.05, 3.63) is 45.6 Å². The fourth-order valence-corrected chi connectivity index (χ4v) is 5.84. The Balaban J connectivity index is 1.30. The Morgan fingerprint density at radius 1 is 0.969 bits per heavy atom. The van der Waals surface area contributed by atoms with E-state index in [-0.39, 0.29) is 29.9 Å². The van der Waals surface area contributed by atoms with Crippen molar-refractivity contribution in [1.29, 1.82) is 0 Å². The second-order valence-electron chi connectivity index (χ2n) is 8.50. The molecule has 0 saturated carbocycles. The maximum absolute atomic E-state index is 13.1. The van der Waals surface area contributed by atoms with E-state index in [4.69, 9.17) is 11.6 Å². The Morgan fingerprint density at radius 3 is 2.41 bits per heavy atom. The average molecular weight is 473 g/mol. The normalized spacial score (nSPS) is 23.5. The highest BCUT2D eigenvalue weighted by Crippen LogP contribution is 2.32. The second-order valence-corrected chi connectivity index (χ2v) is 10.2. The molecule has 2 atom stereocenters. The summed E-state index contributed by atoms with van der Waals surface area (Å²) < 4.78 is 0.581.